The van der Waals surface area contributed by atoms with E-state index in [0.717, 1.165) is 30.6 Å². The predicted octanol–water partition coefficient (Wildman–Crippen LogP) is 2.21. The molecule has 1 fully saturated rings. The Morgan fingerprint density at radius 3 is 2.94 bits per heavy atom. The Kier molecular flexibility index (Phi) is 3.34. The van der Waals surface area contributed by atoms with Gasteiger partial charge in [-0.05, 0) is 12.0 Å². The fraction of sp³-hybridized carbons (Fsp3) is 0.462. The highest BCUT2D eigenvalue weighted by Crippen LogP contribution is 2.29. The molecule has 0 radical (unpaired) electrons. The number of amidine groups is 1. The van der Waals surface area contributed by atoms with E-state index in [0.29, 0.717) is 12.1 Å². The van der Waals surface area contributed by atoms with Gasteiger partial charge in [0.1, 0.15) is 0 Å². The van der Waals surface area contributed by atoms with Gasteiger partial charge in [0.15, 0.2) is 5.17 Å². The van der Waals surface area contributed by atoms with E-state index in [9.17, 15) is 0 Å². The van der Waals surface area contributed by atoms with Crippen LogP contribution >= 0.6 is 11.8 Å². The summed E-state index contributed by atoms with van der Waals surface area (Å²) in [6.07, 6.45) is 1.09. The molecule has 2 heterocycles. The molecule has 1 aromatic rings. The lowest BCUT2D eigenvalue weighted by atomic mass is 10.1. The molecule has 2 aliphatic rings. The summed E-state index contributed by atoms with van der Waals surface area (Å²) in [5.74, 6) is 1.04. The lowest BCUT2D eigenvalue weighted by Crippen LogP contribution is -2.32. The first kappa shape index (κ1) is 11.1. The van der Waals surface area contributed by atoms with Crippen molar-refractivity contribution < 1.29 is 4.74 Å². The van der Waals surface area contributed by atoms with E-state index in [1.807, 2.05) is 17.8 Å². The Bertz CT molecular complexity index is 401. The molecule has 0 aliphatic carbocycles. The van der Waals surface area contributed by atoms with Crippen LogP contribution in [0.25, 0.3) is 0 Å². The molecule has 2 aliphatic heterocycles. The Morgan fingerprint density at radius 1 is 1.29 bits per heavy atom. The zero-order chi connectivity index (χ0) is 11.5. The predicted molar refractivity (Wildman–Crippen MR) is 71.4 cm³/mol. The van der Waals surface area contributed by atoms with Gasteiger partial charge in [-0.2, -0.15) is 0 Å². The summed E-state index contributed by atoms with van der Waals surface area (Å²) in [6, 6.07) is 11.3. The lowest BCUT2D eigenvalue weighted by molar-refractivity contribution is 0.192. The first-order valence-corrected chi connectivity index (χ1v) is 7.00. The number of nitrogens with zero attached hydrogens (tertiary/aromatic N) is 1. The molecule has 0 spiro atoms. The van der Waals surface area contributed by atoms with E-state index in [2.05, 4.69) is 29.6 Å². The Morgan fingerprint density at radius 2 is 2.18 bits per heavy atom. The first-order chi connectivity index (χ1) is 8.42. The van der Waals surface area contributed by atoms with Gasteiger partial charge in [0, 0.05) is 12.4 Å². The van der Waals surface area contributed by atoms with Crippen molar-refractivity contribution >= 4 is 16.9 Å². The SMILES string of the molecule is c1ccc(C2CSC(NC3CCOC3)=N2)cc1. The van der Waals surface area contributed by atoms with Crippen molar-refractivity contribution in [3.05, 3.63) is 35.9 Å². The molecule has 2 atom stereocenters. The monoisotopic (exact) mass is 248 g/mol. The van der Waals surface area contributed by atoms with Crippen molar-refractivity contribution in [1.29, 1.82) is 0 Å². The second kappa shape index (κ2) is 5.10. The number of ether oxygens (including phenoxy) is 1. The van der Waals surface area contributed by atoms with Crippen LogP contribution in [0.2, 0.25) is 0 Å². The van der Waals surface area contributed by atoms with Crippen LogP contribution in [0, 0.1) is 0 Å². The van der Waals surface area contributed by atoms with Crippen molar-refractivity contribution in [2.45, 2.75) is 18.5 Å². The van der Waals surface area contributed by atoms with Gasteiger partial charge in [-0.25, -0.2) is 0 Å². The van der Waals surface area contributed by atoms with Crippen LogP contribution in [-0.2, 0) is 4.74 Å². The number of thioether (sulfide) groups is 1. The highest BCUT2D eigenvalue weighted by molar-refractivity contribution is 8.14. The standard InChI is InChI=1S/C13H16N2OS/c1-2-4-10(5-3-1)12-9-17-13(15-12)14-11-6-7-16-8-11/h1-5,11-12H,6-9H2,(H,14,15). The van der Waals surface area contributed by atoms with Crippen LogP contribution in [0.15, 0.2) is 35.3 Å². The maximum atomic E-state index is 5.35. The highest BCUT2D eigenvalue weighted by Gasteiger charge is 2.23. The topological polar surface area (TPSA) is 33.6 Å². The fourth-order valence-corrected chi connectivity index (χ4v) is 3.16. The molecule has 1 saturated heterocycles. The highest BCUT2D eigenvalue weighted by atomic mass is 32.2. The fourth-order valence-electron chi connectivity index (χ4n) is 2.12. The second-order valence-electron chi connectivity index (χ2n) is 4.38. The van der Waals surface area contributed by atoms with Gasteiger partial charge in [-0.3, -0.25) is 4.99 Å². The first-order valence-electron chi connectivity index (χ1n) is 6.01. The second-order valence-corrected chi connectivity index (χ2v) is 5.39. The quantitative estimate of drug-likeness (QED) is 0.871. The van der Waals surface area contributed by atoms with E-state index in [-0.39, 0.29) is 0 Å². The number of hydrogen-bond acceptors (Lipinski definition) is 4. The molecule has 3 nitrogen and oxygen atoms in total. The molecule has 17 heavy (non-hydrogen) atoms. The third-order valence-corrected chi connectivity index (χ3v) is 4.07. The number of benzene rings is 1. The van der Waals surface area contributed by atoms with E-state index in [4.69, 9.17) is 9.73 Å². The van der Waals surface area contributed by atoms with Crippen LogP contribution in [0.3, 0.4) is 0 Å². The van der Waals surface area contributed by atoms with Crippen LogP contribution in [0.1, 0.15) is 18.0 Å². The van der Waals surface area contributed by atoms with Crippen molar-refractivity contribution in [3.8, 4) is 0 Å². The molecule has 0 saturated carbocycles. The van der Waals surface area contributed by atoms with E-state index in [1.165, 1.54) is 5.56 Å². The van der Waals surface area contributed by atoms with Crippen molar-refractivity contribution in [2.24, 2.45) is 4.99 Å². The average Bonchev–Trinajstić information content (AvgIpc) is 3.02. The largest absolute Gasteiger partial charge is 0.379 e. The van der Waals surface area contributed by atoms with Gasteiger partial charge in [0.25, 0.3) is 0 Å². The van der Waals surface area contributed by atoms with Crippen LogP contribution in [0.4, 0.5) is 0 Å². The number of hydrogen-bond donors (Lipinski definition) is 1. The molecule has 0 amide bonds. The summed E-state index contributed by atoms with van der Waals surface area (Å²) >= 11 is 1.82. The smallest absolute Gasteiger partial charge is 0.157 e. The summed E-state index contributed by atoms with van der Waals surface area (Å²) in [5.41, 5.74) is 1.31. The van der Waals surface area contributed by atoms with Gasteiger partial charge in [-0.1, -0.05) is 42.1 Å². The molecular formula is C13H16N2OS. The van der Waals surface area contributed by atoms with Crippen LogP contribution < -0.4 is 5.32 Å². The van der Waals surface area contributed by atoms with E-state index in [1.54, 1.807) is 0 Å². The van der Waals surface area contributed by atoms with Crippen molar-refractivity contribution in [3.63, 3.8) is 0 Å². The Balaban J connectivity index is 1.64. The Hall–Kier alpha value is -1.00. The minimum atomic E-state index is 0.311. The van der Waals surface area contributed by atoms with E-state index < -0.39 is 0 Å². The van der Waals surface area contributed by atoms with Gasteiger partial charge >= 0.3 is 0 Å². The summed E-state index contributed by atoms with van der Waals surface area (Å²) in [4.78, 5) is 4.73. The number of rotatable bonds is 2. The Labute approximate surface area is 106 Å². The van der Waals surface area contributed by atoms with Gasteiger partial charge < -0.3 is 10.1 Å². The van der Waals surface area contributed by atoms with Crippen molar-refractivity contribution in [1.82, 2.24) is 5.32 Å². The molecule has 90 valence electrons. The minimum absolute atomic E-state index is 0.311. The summed E-state index contributed by atoms with van der Waals surface area (Å²) in [5, 5.41) is 4.54. The number of aliphatic imine (C=N–C) groups is 1. The summed E-state index contributed by atoms with van der Waals surface area (Å²) < 4.78 is 5.35. The van der Waals surface area contributed by atoms with Crippen molar-refractivity contribution in [2.75, 3.05) is 19.0 Å². The molecule has 1 N–H and O–H groups in total. The molecular weight excluding hydrogens is 232 g/mol. The molecule has 0 bridgehead atoms. The lowest BCUT2D eigenvalue weighted by Gasteiger charge is -2.10. The molecule has 0 aromatic heterocycles. The maximum absolute atomic E-state index is 5.35. The minimum Gasteiger partial charge on any atom is -0.379 e. The van der Waals surface area contributed by atoms with E-state index >= 15 is 0 Å². The van der Waals surface area contributed by atoms with Gasteiger partial charge in [0.2, 0.25) is 0 Å². The maximum Gasteiger partial charge on any atom is 0.157 e. The average molecular weight is 248 g/mol. The molecule has 4 heteroatoms. The summed E-state index contributed by atoms with van der Waals surface area (Å²) in [7, 11) is 0. The van der Waals surface area contributed by atoms with Crippen LogP contribution in [-0.4, -0.2) is 30.2 Å². The van der Waals surface area contributed by atoms with Gasteiger partial charge in [-0.15, -0.1) is 0 Å². The number of nitrogens with one attached hydrogen (secondary N) is 1. The van der Waals surface area contributed by atoms with Crippen LogP contribution in [0.5, 0.6) is 0 Å². The molecule has 3 rings (SSSR count). The zero-order valence-corrected chi connectivity index (χ0v) is 10.5. The molecule has 1 aromatic carbocycles. The normalized spacial score (nSPS) is 28.1. The zero-order valence-electron chi connectivity index (χ0n) is 9.63. The summed E-state index contributed by atoms with van der Waals surface area (Å²) in [6.45, 7) is 1.69. The third-order valence-electron chi connectivity index (χ3n) is 3.09. The molecule has 2 unspecified atom stereocenters. The third kappa shape index (κ3) is 2.64. The van der Waals surface area contributed by atoms with Gasteiger partial charge in [0.05, 0.1) is 18.7 Å².